The molecule has 0 fully saturated rings. The highest BCUT2D eigenvalue weighted by molar-refractivity contribution is 5.99. The molecule has 5 nitrogen and oxygen atoms in total. The standard InChI is InChI=1S/C40H42O5/c1-39(2,3)32-24-27(25-33(36(32)41)40(4,5)6)34(31-23-15-17-26-16-13-14-22-30(26)31)35(37(42)44-28-18-9-7-10-19-28)38(43)45-29-20-11-8-12-21-29/h7-25,27,34-36,41H,1-6H3/t27?,34-,36?/m0/s1. The maximum absolute atomic E-state index is 14.3. The summed E-state index contributed by atoms with van der Waals surface area (Å²) >= 11 is 0. The number of esters is 2. The lowest BCUT2D eigenvalue weighted by molar-refractivity contribution is -0.152. The van der Waals surface area contributed by atoms with Crippen molar-refractivity contribution in [3.63, 3.8) is 0 Å². The van der Waals surface area contributed by atoms with Crippen LogP contribution in [-0.4, -0.2) is 23.1 Å². The van der Waals surface area contributed by atoms with Gasteiger partial charge in [-0.15, -0.1) is 0 Å². The van der Waals surface area contributed by atoms with E-state index >= 15 is 0 Å². The van der Waals surface area contributed by atoms with E-state index in [1.165, 1.54) is 0 Å². The van der Waals surface area contributed by atoms with Crippen molar-refractivity contribution in [3.05, 3.63) is 132 Å². The minimum Gasteiger partial charge on any atom is -0.426 e. The van der Waals surface area contributed by atoms with E-state index in [0.717, 1.165) is 27.5 Å². The lowest BCUT2D eigenvalue weighted by Gasteiger charge is -2.41. The van der Waals surface area contributed by atoms with Gasteiger partial charge in [0.25, 0.3) is 0 Å². The molecule has 232 valence electrons. The Bertz CT molecular complexity index is 1630. The van der Waals surface area contributed by atoms with Crippen molar-refractivity contribution in [2.75, 3.05) is 0 Å². The van der Waals surface area contributed by atoms with Gasteiger partial charge in [-0.3, -0.25) is 9.59 Å². The predicted octanol–water partition coefficient (Wildman–Crippen LogP) is 8.69. The Kier molecular flexibility index (Phi) is 9.13. The third kappa shape index (κ3) is 7.10. The minimum absolute atomic E-state index is 0.340. The third-order valence-electron chi connectivity index (χ3n) is 8.45. The first-order valence-corrected chi connectivity index (χ1v) is 15.5. The maximum atomic E-state index is 14.3. The number of carbonyl (C=O) groups is 2. The van der Waals surface area contributed by atoms with Gasteiger partial charge in [-0.1, -0.05) is 133 Å². The average Bonchev–Trinajstić information content (AvgIpc) is 2.99. The Morgan fingerprint density at radius 1 is 0.622 bits per heavy atom. The number of allylic oxidation sites excluding steroid dienone is 2. The highest BCUT2D eigenvalue weighted by Crippen LogP contribution is 2.48. The van der Waals surface area contributed by atoms with Crippen molar-refractivity contribution in [3.8, 4) is 11.5 Å². The number of aliphatic hydroxyl groups excluding tert-OH is 1. The summed E-state index contributed by atoms with van der Waals surface area (Å²) in [5.74, 6) is -3.23. The largest absolute Gasteiger partial charge is 0.426 e. The summed E-state index contributed by atoms with van der Waals surface area (Å²) in [5.41, 5.74) is 1.75. The van der Waals surface area contributed by atoms with Crippen molar-refractivity contribution >= 4 is 22.7 Å². The molecule has 1 atom stereocenters. The van der Waals surface area contributed by atoms with E-state index in [4.69, 9.17) is 9.47 Å². The summed E-state index contributed by atoms with van der Waals surface area (Å²) in [6, 6.07) is 31.5. The maximum Gasteiger partial charge on any atom is 0.326 e. The molecule has 0 unspecified atom stereocenters. The van der Waals surface area contributed by atoms with Crippen molar-refractivity contribution in [1.82, 2.24) is 0 Å². The molecule has 5 rings (SSSR count). The fraction of sp³-hybridized carbons (Fsp3) is 0.300. The number of aliphatic hydroxyl groups is 1. The van der Waals surface area contributed by atoms with E-state index in [0.29, 0.717) is 11.5 Å². The van der Waals surface area contributed by atoms with E-state index < -0.39 is 35.8 Å². The second-order valence-electron chi connectivity index (χ2n) is 13.8. The summed E-state index contributed by atoms with van der Waals surface area (Å²) in [7, 11) is 0. The fourth-order valence-electron chi connectivity index (χ4n) is 6.22. The summed E-state index contributed by atoms with van der Waals surface area (Å²) in [6.07, 6.45) is 3.30. The SMILES string of the molecule is CC(C)(C)C1=CC([C@@H](c2cccc3ccccc23)C(C(=O)Oc2ccccc2)C(=O)Oc2ccccc2)C=C(C(C)(C)C)C1O. The Hall–Kier alpha value is -4.48. The van der Waals surface area contributed by atoms with Gasteiger partial charge in [-0.05, 0) is 62.6 Å². The van der Waals surface area contributed by atoms with Gasteiger partial charge in [0.2, 0.25) is 0 Å². The number of fused-ring (bicyclic) bond motifs is 1. The second-order valence-corrected chi connectivity index (χ2v) is 13.8. The van der Waals surface area contributed by atoms with Crippen LogP contribution in [0, 0.1) is 22.7 Å². The molecule has 0 radical (unpaired) electrons. The van der Waals surface area contributed by atoms with Crippen LogP contribution in [0.1, 0.15) is 53.0 Å². The van der Waals surface area contributed by atoms with Gasteiger partial charge in [0.05, 0.1) is 6.10 Å². The molecule has 1 N–H and O–H groups in total. The van der Waals surface area contributed by atoms with Gasteiger partial charge in [0, 0.05) is 11.8 Å². The number of carbonyl (C=O) groups excluding carboxylic acids is 2. The highest BCUT2D eigenvalue weighted by atomic mass is 16.6. The minimum atomic E-state index is -1.34. The molecule has 1 aliphatic carbocycles. The van der Waals surface area contributed by atoms with Crippen molar-refractivity contribution in [2.24, 2.45) is 22.7 Å². The fourth-order valence-corrected chi connectivity index (χ4v) is 6.22. The first-order valence-electron chi connectivity index (χ1n) is 15.5. The van der Waals surface area contributed by atoms with E-state index in [1.807, 2.05) is 66.7 Å². The summed E-state index contributed by atoms with van der Waals surface area (Å²) in [6.45, 7) is 12.4. The van der Waals surface area contributed by atoms with Crippen molar-refractivity contribution < 1.29 is 24.2 Å². The van der Waals surface area contributed by atoms with Crippen molar-refractivity contribution in [2.45, 2.75) is 53.6 Å². The molecule has 45 heavy (non-hydrogen) atoms. The number of rotatable bonds is 7. The summed E-state index contributed by atoms with van der Waals surface area (Å²) < 4.78 is 11.8. The average molecular weight is 603 g/mol. The molecule has 1 aliphatic rings. The normalized spacial score (nSPS) is 17.8. The van der Waals surface area contributed by atoms with E-state index in [2.05, 4.69) is 41.5 Å². The zero-order valence-corrected chi connectivity index (χ0v) is 26.9. The summed E-state index contributed by atoms with van der Waals surface area (Å²) in [4.78, 5) is 28.7. The lowest BCUT2D eigenvalue weighted by atomic mass is 9.65. The number of hydrogen-bond acceptors (Lipinski definition) is 5. The second kappa shape index (κ2) is 12.9. The zero-order chi connectivity index (χ0) is 32.4. The topological polar surface area (TPSA) is 72.8 Å². The molecule has 0 heterocycles. The number of benzene rings is 4. The molecule has 5 heteroatoms. The van der Waals surface area contributed by atoms with Crippen LogP contribution in [0.2, 0.25) is 0 Å². The van der Waals surface area contributed by atoms with Crippen LogP contribution in [0.4, 0.5) is 0 Å². The molecule has 0 aromatic heterocycles. The Balaban J connectivity index is 1.76. The van der Waals surface area contributed by atoms with Crippen LogP contribution < -0.4 is 9.47 Å². The van der Waals surface area contributed by atoms with Gasteiger partial charge in [0.15, 0.2) is 5.92 Å². The smallest absolute Gasteiger partial charge is 0.326 e. The van der Waals surface area contributed by atoms with Gasteiger partial charge < -0.3 is 14.6 Å². The Morgan fingerprint density at radius 2 is 1.07 bits per heavy atom. The quantitative estimate of drug-likeness (QED) is 0.0992. The van der Waals surface area contributed by atoms with Gasteiger partial charge >= 0.3 is 11.9 Å². The van der Waals surface area contributed by atoms with Gasteiger partial charge in [-0.2, -0.15) is 0 Å². The molecular formula is C40H42O5. The van der Waals surface area contributed by atoms with E-state index in [1.54, 1.807) is 48.5 Å². The highest BCUT2D eigenvalue weighted by Gasteiger charge is 2.46. The molecule has 0 saturated heterocycles. The van der Waals surface area contributed by atoms with Crippen LogP contribution in [0.25, 0.3) is 10.8 Å². The first kappa shape index (κ1) is 31.9. The first-order chi connectivity index (χ1) is 21.3. The molecule has 0 saturated carbocycles. The van der Waals surface area contributed by atoms with Crippen LogP contribution in [0.15, 0.2) is 126 Å². The molecule has 4 aromatic rings. The van der Waals surface area contributed by atoms with Gasteiger partial charge in [0.1, 0.15) is 11.5 Å². The van der Waals surface area contributed by atoms with Crippen LogP contribution in [-0.2, 0) is 9.59 Å². The van der Waals surface area contributed by atoms with Crippen molar-refractivity contribution in [1.29, 1.82) is 0 Å². The summed E-state index contributed by atoms with van der Waals surface area (Å²) in [5, 5.41) is 13.6. The molecule has 0 spiro atoms. The van der Waals surface area contributed by atoms with Crippen LogP contribution >= 0.6 is 0 Å². The Labute approximate surface area is 266 Å². The van der Waals surface area contributed by atoms with Crippen LogP contribution in [0.5, 0.6) is 11.5 Å². The number of ether oxygens (including phenoxy) is 2. The van der Waals surface area contributed by atoms with E-state index in [-0.39, 0.29) is 10.8 Å². The molecule has 4 aromatic carbocycles. The Morgan fingerprint density at radius 3 is 1.56 bits per heavy atom. The van der Waals surface area contributed by atoms with Crippen LogP contribution in [0.3, 0.4) is 0 Å². The zero-order valence-electron chi connectivity index (χ0n) is 26.9. The predicted molar refractivity (Wildman–Crippen MR) is 179 cm³/mol. The lowest BCUT2D eigenvalue weighted by Crippen LogP contribution is -2.41. The molecule has 0 amide bonds. The third-order valence-corrected chi connectivity index (χ3v) is 8.45. The molecule has 0 bridgehead atoms. The molecule has 0 aliphatic heterocycles. The number of hydrogen-bond donors (Lipinski definition) is 1. The number of para-hydroxylation sites is 2. The monoisotopic (exact) mass is 602 g/mol. The van der Waals surface area contributed by atoms with E-state index in [9.17, 15) is 14.7 Å². The molecular weight excluding hydrogens is 560 g/mol. The van der Waals surface area contributed by atoms with Gasteiger partial charge in [-0.25, -0.2) is 0 Å².